The number of nitrogens with two attached hydrogens (primary N) is 1. The largest absolute Gasteiger partial charge is 0.481 e. The van der Waals surface area contributed by atoms with Gasteiger partial charge in [0.25, 0.3) is 0 Å². The second-order valence-electron chi connectivity index (χ2n) is 3.62. The summed E-state index contributed by atoms with van der Waals surface area (Å²) < 4.78 is 0. The van der Waals surface area contributed by atoms with Crippen molar-refractivity contribution in [2.75, 3.05) is 6.54 Å². The molecule has 0 aromatic carbocycles. The molecule has 0 aliphatic rings. The fourth-order valence-corrected chi connectivity index (χ4v) is 1.93. The predicted molar refractivity (Wildman–Crippen MR) is 60.8 cm³/mol. The molecule has 86 valence electrons. The molecular formula is C10H22ClNO2. The van der Waals surface area contributed by atoms with E-state index in [0.29, 0.717) is 13.0 Å². The Kier molecular flexibility index (Phi) is 9.31. The van der Waals surface area contributed by atoms with E-state index in [1.165, 1.54) is 0 Å². The average Bonchev–Trinajstić information content (AvgIpc) is 2.05. The van der Waals surface area contributed by atoms with Gasteiger partial charge in [-0.25, -0.2) is 0 Å². The Balaban J connectivity index is 0. The molecule has 0 fully saturated rings. The molecule has 0 spiro atoms. The molecule has 3 nitrogen and oxygen atoms in total. The number of halogens is 1. The number of carbonyl (C=O) groups is 1. The van der Waals surface area contributed by atoms with Gasteiger partial charge in [0, 0.05) is 0 Å². The molecule has 0 aromatic rings. The summed E-state index contributed by atoms with van der Waals surface area (Å²) in [7, 11) is 0. The van der Waals surface area contributed by atoms with Crippen LogP contribution in [0.3, 0.4) is 0 Å². The summed E-state index contributed by atoms with van der Waals surface area (Å²) in [5.41, 5.74) is 4.89. The van der Waals surface area contributed by atoms with Gasteiger partial charge in [0.05, 0.1) is 5.41 Å². The fraction of sp³-hybridized carbons (Fsp3) is 0.900. The van der Waals surface area contributed by atoms with E-state index in [-0.39, 0.29) is 12.4 Å². The van der Waals surface area contributed by atoms with Crippen molar-refractivity contribution in [1.29, 1.82) is 0 Å². The van der Waals surface area contributed by atoms with Crippen LogP contribution < -0.4 is 5.73 Å². The third kappa shape index (κ3) is 4.29. The Morgan fingerprint density at radius 1 is 1.21 bits per heavy atom. The minimum atomic E-state index is -0.679. The Morgan fingerprint density at radius 2 is 1.64 bits per heavy atom. The van der Waals surface area contributed by atoms with Gasteiger partial charge in [-0.1, -0.05) is 26.7 Å². The van der Waals surface area contributed by atoms with E-state index in [1.54, 1.807) is 0 Å². The molecule has 0 aromatic heterocycles. The van der Waals surface area contributed by atoms with Crippen LogP contribution in [-0.4, -0.2) is 17.6 Å². The van der Waals surface area contributed by atoms with Gasteiger partial charge in [0.1, 0.15) is 0 Å². The summed E-state index contributed by atoms with van der Waals surface area (Å²) in [5.74, 6) is -0.679. The standard InChI is InChI=1S/C10H21NO2.ClH/c1-3-5-10(6-4-2,7-8-11)9(12)13;/h3-8,11H2,1-2H3,(H,12,13);1H. The maximum absolute atomic E-state index is 11.1. The van der Waals surface area contributed by atoms with Gasteiger partial charge < -0.3 is 10.8 Å². The maximum atomic E-state index is 11.1. The second-order valence-corrected chi connectivity index (χ2v) is 3.62. The molecule has 4 heteroatoms. The summed E-state index contributed by atoms with van der Waals surface area (Å²) in [6, 6.07) is 0. The second kappa shape index (κ2) is 8.06. The molecule has 0 amide bonds. The van der Waals surface area contributed by atoms with Crippen LogP contribution in [0.2, 0.25) is 0 Å². The predicted octanol–water partition coefficient (Wildman–Crippen LogP) is 2.43. The Labute approximate surface area is 92.5 Å². The van der Waals surface area contributed by atoms with Gasteiger partial charge >= 0.3 is 5.97 Å². The minimum Gasteiger partial charge on any atom is -0.481 e. The normalized spacial score (nSPS) is 10.8. The number of aliphatic carboxylic acids is 1. The lowest BCUT2D eigenvalue weighted by Crippen LogP contribution is -2.33. The first-order chi connectivity index (χ1) is 6.13. The number of carboxylic acid groups (broad SMARTS) is 1. The molecule has 0 rings (SSSR count). The van der Waals surface area contributed by atoms with Crippen LogP contribution in [0.25, 0.3) is 0 Å². The highest BCUT2D eigenvalue weighted by atomic mass is 35.5. The lowest BCUT2D eigenvalue weighted by atomic mass is 9.76. The number of hydrogen-bond acceptors (Lipinski definition) is 2. The Morgan fingerprint density at radius 3 is 1.86 bits per heavy atom. The molecule has 0 aliphatic carbocycles. The smallest absolute Gasteiger partial charge is 0.309 e. The Bertz CT molecular complexity index is 145. The van der Waals surface area contributed by atoms with Crippen LogP contribution in [0.5, 0.6) is 0 Å². The van der Waals surface area contributed by atoms with Gasteiger partial charge in [-0.3, -0.25) is 4.79 Å². The maximum Gasteiger partial charge on any atom is 0.309 e. The summed E-state index contributed by atoms with van der Waals surface area (Å²) in [6.07, 6.45) is 3.91. The quantitative estimate of drug-likeness (QED) is 0.697. The van der Waals surface area contributed by atoms with Crippen molar-refractivity contribution in [1.82, 2.24) is 0 Å². The molecule has 3 N–H and O–H groups in total. The number of rotatable bonds is 7. The van der Waals surface area contributed by atoms with Crippen LogP contribution in [-0.2, 0) is 4.79 Å². The molecule has 0 atom stereocenters. The van der Waals surface area contributed by atoms with Crippen molar-refractivity contribution in [3.63, 3.8) is 0 Å². The highest BCUT2D eigenvalue weighted by molar-refractivity contribution is 5.85. The van der Waals surface area contributed by atoms with Gasteiger partial charge in [0.2, 0.25) is 0 Å². The van der Waals surface area contributed by atoms with Gasteiger partial charge in [-0.15, -0.1) is 12.4 Å². The molecule has 0 saturated carbocycles. The van der Waals surface area contributed by atoms with E-state index >= 15 is 0 Å². The third-order valence-electron chi connectivity index (χ3n) is 2.53. The van der Waals surface area contributed by atoms with Crippen LogP contribution >= 0.6 is 12.4 Å². The third-order valence-corrected chi connectivity index (χ3v) is 2.53. The number of hydrogen-bond donors (Lipinski definition) is 2. The monoisotopic (exact) mass is 223 g/mol. The first-order valence-corrected chi connectivity index (χ1v) is 5.06. The van der Waals surface area contributed by atoms with Crippen LogP contribution in [0.15, 0.2) is 0 Å². The molecule has 0 unspecified atom stereocenters. The molecule has 0 aliphatic heterocycles. The topological polar surface area (TPSA) is 63.3 Å². The lowest BCUT2D eigenvalue weighted by Gasteiger charge is -2.28. The average molecular weight is 224 g/mol. The van der Waals surface area contributed by atoms with Gasteiger partial charge in [-0.2, -0.15) is 0 Å². The zero-order chi connectivity index (χ0) is 10.3. The molecule has 0 radical (unpaired) electrons. The van der Waals surface area contributed by atoms with Crippen molar-refractivity contribution >= 4 is 18.4 Å². The minimum absolute atomic E-state index is 0. The van der Waals surface area contributed by atoms with E-state index in [2.05, 4.69) is 0 Å². The van der Waals surface area contributed by atoms with E-state index in [0.717, 1.165) is 25.7 Å². The van der Waals surface area contributed by atoms with E-state index in [9.17, 15) is 4.79 Å². The van der Waals surface area contributed by atoms with Gasteiger partial charge in [-0.05, 0) is 25.8 Å². The molecule has 0 bridgehead atoms. The van der Waals surface area contributed by atoms with Gasteiger partial charge in [0.15, 0.2) is 0 Å². The molecule has 0 saturated heterocycles. The van der Waals surface area contributed by atoms with Crippen LogP contribution in [0, 0.1) is 5.41 Å². The van der Waals surface area contributed by atoms with Crippen molar-refractivity contribution in [3.05, 3.63) is 0 Å². The summed E-state index contributed by atoms with van der Waals surface area (Å²) in [6.45, 7) is 4.50. The number of carboxylic acids is 1. The molecular weight excluding hydrogens is 202 g/mol. The summed E-state index contributed by atoms with van der Waals surface area (Å²) in [5, 5.41) is 9.16. The zero-order valence-electron chi connectivity index (χ0n) is 9.08. The van der Waals surface area contributed by atoms with Crippen molar-refractivity contribution < 1.29 is 9.90 Å². The van der Waals surface area contributed by atoms with Crippen LogP contribution in [0.4, 0.5) is 0 Å². The molecule has 0 heterocycles. The Hall–Kier alpha value is -0.280. The molecule has 14 heavy (non-hydrogen) atoms. The van der Waals surface area contributed by atoms with Crippen molar-refractivity contribution in [3.8, 4) is 0 Å². The summed E-state index contributed by atoms with van der Waals surface area (Å²) in [4.78, 5) is 11.1. The van der Waals surface area contributed by atoms with Crippen LogP contribution in [0.1, 0.15) is 46.0 Å². The first kappa shape index (κ1) is 16.2. The van der Waals surface area contributed by atoms with E-state index in [1.807, 2.05) is 13.8 Å². The van der Waals surface area contributed by atoms with E-state index in [4.69, 9.17) is 10.8 Å². The van der Waals surface area contributed by atoms with Crippen molar-refractivity contribution in [2.45, 2.75) is 46.0 Å². The zero-order valence-corrected chi connectivity index (χ0v) is 9.90. The summed E-state index contributed by atoms with van der Waals surface area (Å²) >= 11 is 0. The first-order valence-electron chi connectivity index (χ1n) is 5.06. The van der Waals surface area contributed by atoms with E-state index < -0.39 is 11.4 Å². The SMILES string of the molecule is CCCC(CCC)(CCN)C(=O)O.Cl. The lowest BCUT2D eigenvalue weighted by molar-refractivity contribution is -0.150. The highest BCUT2D eigenvalue weighted by Crippen LogP contribution is 2.33. The highest BCUT2D eigenvalue weighted by Gasteiger charge is 2.35. The fourth-order valence-electron chi connectivity index (χ4n) is 1.93. The van der Waals surface area contributed by atoms with Crippen molar-refractivity contribution in [2.24, 2.45) is 11.1 Å².